The highest BCUT2D eigenvalue weighted by atomic mass is 16.6. The molecule has 0 saturated heterocycles. The third-order valence-electron chi connectivity index (χ3n) is 3.39. The van der Waals surface area contributed by atoms with Gasteiger partial charge >= 0.3 is 5.97 Å². The van der Waals surface area contributed by atoms with Crippen LogP contribution in [0.25, 0.3) is 0 Å². The Morgan fingerprint density at radius 2 is 2.10 bits per heavy atom. The van der Waals surface area contributed by atoms with Gasteiger partial charge < -0.3 is 15.5 Å². The zero-order chi connectivity index (χ0) is 15.5. The molecule has 110 valence electrons. The molecule has 0 spiro atoms. The van der Waals surface area contributed by atoms with Crippen LogP contribution in [0.15, 0.2) is 12.1 Å². The van der Waals surface area contributed by atoms with Gasteiger partial charge in [0, 0.05) is 17.3 Å². The predicted octanol–water partition coefficient (Wildman–Crippen LogP) is 2.17. The molecule has 0 heterocycles. The second-order valence-electron chi connectivity index (χ2n) is 4.93. The summed E-state index contributed by atoms with van der Waals surface area (Å²) in [7, 11) is 0. The van der Waals surface area contributed by atoms with Gasteiger partial charge in [-0.1, -0.05) is 6.92 Å². The van der Waals surface area contributed by atoms with Crippen molar-refractivity contribution in [3.63, 3.8) is 0 Å². The summed E-state index contributed by atoms with van der Waals surface area (Å²) in [5, 5.41) is 32.4. The summed E-state index contributed by atoms with van der Waals surface area (Å²) in [6, 6.07) is 2.37. The number of hydrogen-bond acceptors (Lipinski definition) is 5. The van der Waals surface area contributed by atoms with E-state index >= 15 is 0 Å². The lowest BCUT2D eigenvalue weighted by Gasteiger charge is -2.29. The number of nitrogens with one attached hydrogen (secondary N) is 1. The van der Waals surface area contributed by atoms with Crippen LogP contribution in [0.4, 0.5) is 11.4 Å². The van der Waals surface area contributed by atoms with Crippen molar-refractivity contribution in [2.75, 3.05) is 11.9 Å². The van der Waals surface area contributed by atoms with Gasteiger partial charge in [-0.05, 0) is 26.3 Å². The first kappa shape index (κ1) is 15.9. The molecule has 20 heavy (non-hydrogen) atoms. The summed E-state index contributed by atoms with van der Waals surface area (Å²) in [5.74, 6) is -1.24. The molecule has 0 bridgehead atoms. The Morgan fingerprint density at radius 1 is 1.50 bits per heavy atom. The van der Waals surface area contributed by atoms with Crippen molar-refractivity contribution in [2.45, 2.75) is 32.7 Å². The average molecular weight is 282 g/mol. The maximum absolute atomic E-state index is 11.0. The Bertz CT molecular complexity index is 538. The highest BCUT2D eigenvalue weighted by Gasteiger charge is 2.25. The number of nitro benzene ring substituents is 1. The van der Waals surface area contributed by atoms with Gasteiger partial charge in [0.05, 0.1) is 22.6 Å². The minimum Gasteiger partial charge on any atom is -0.478 e. The highest BCUT2D eigenvalue weighted by Crippen LogP contribution is 2.30. The lowest BCUT2D eigenvalue weighted by atomic mass is 9.98. The molecule has 1 aromatic rings. The molecule has 0 aromatic heterocycles. The molecule has 0 amide bonds. The molecule has 1 unspecified atom stereocenters. The Hall–Kier alpha value is -2.15. The monoisotopic (exact) mass is 282 g/mol. The van der Waals surface area contributed by atoms with Gasteiger partial charge in [0.2, 0.25) is 0 Å². The van der Waals surface area contributed by atoms with Crippen molar-refractivity contribution in [2.24, 2.45) is 0 Å². The van der Waals surface area contributed by atoms with Crippen molar-refractivity contribution in [1.29, 1.82) is 0 Å². The largest absolute Gasteiger partial charge is 0.478 e. The molecule has 0 fully saturated rings. The maximum atomic E-state index is 11.0. The zero-order valence-electron chi connectivity index (χ0n) is 11.6. The predicted molar refractivity (Wildman–Crippen MR) is 74.2 cm³/mol. The first-order valence-electron chi connectivity index (χ1n) is 6.15. The van der Waals surface area contributed by atoms with E-state index < -0.39 is 16.4 Å². The van der Waals surface area contributed by atoms with Crippen molar-refractivity contribution in [3.05, 3.63) is 33.4 Å². The molecule has 0 aliphatic heterocycles. The molecule has 7 nitrogen and oxygen atoms in total. The van der Waals surface area contributed by atoms with Gasteiger partial charge in [-0.25, -0.2) is 4.79 Å². The molecule has 0 radical (unpaired) electrons. The van der Waals surface area contributed by atoms with Gasteiger partial charge in [0.25, 0.3) is 5.69 Å². The van der Waals surface area contributed by atoms with E-state index in [2.05, 4.69) is 5.32 Å². The minimum absolute atomic E-state index is 0.166. The number of nitrogens with zero attached hydrogens (tertiary/aromatic N) is 1. The van der Waals surface area contributed by atoms with Gasteiger partial charge in [0.15, 0.2) is 0 Å². The number of benzene rings is 1. The second kappa shape index (κ2) is 5.87. The van der Waals surface area contributed by atoms with E-state index in [1.54, 1.807) is 13.8 Å². The van der Waals surface area contributed by atoms with Crippen LogP contribution in [0.5, 0.6) is 0 Å². The SMILES string of the molecule is CCC(C)(CO)Nc1cc(C(=O)O)cc([N+](=O)[O-])c1C. The smallest absolute Gasteiger partial charge is 0.336 e. The Balaban J connectivity index is 3.38. The van der Waals surface area contributed by atoms with Crippen LogP contribution in [0, 0.1) is 17.0 Å². The number of rotatable bonds is 6. The van der Waals surface area contributed by atoms with E-state index in [0.29, 0.717) is 17.7 Å². The zero-order valence-corrected chi connectivity index (χ0v) is 11.6. The van der Waals surface area contributed by atoms with Gasteiger partial charge in [-0.15, -0.1) is 0 Å². The van der Waals surface area contributed by atoms with Crippen molar-refractivity contribution in [3.8, 4) is 0 Å². The highest BCUT2D eigenvalue weighted by molar-refractivity contribution is 5.90. The molecule has 1 atom stereocenters. The fourth-order valence-electron chi connectivity index (χ4n) is 1.71. The summed E-state index contributed by atoms with van der Waals surface area (Å²) in [6.07, 6.45) is 0.577. The van der Waals surface area contributed by atoms with Crippen LogP contribution in [0.3, 0.4) is 0 Å². The van der Waals surface area contributed by atoms with Crippen molar-refractivity contribution < 1.29 is 19.9 Å². The molecular formula is C13H18N2O5. The average Bonchev–Trinajstić information content (AvgIpc) is 2.40. The van der Waals surface area contributed by atoms with Gasteiger partial charge in [0.1, 0.15) is 0 Å². The normalized spacial score (nSPS) is 13.6. The van der Waals surface area contributed by atoms with Crippen LogP contribution < -0.4 is 5.32 Å². The molecule has 0 saturated carbocycles. The minimum atomic E-state index is -1.24. The van der Waals surface area contributed by atoms with E-state index in [9.17, 15) is 20.0 Å². The van der Waals surface area contributed by atoms with E-state index in [1.165, 1.54) is 6.07 Å². The first-order chi connectivity index (χ1) is 9.24. The van der Waals surface area contributed by atoms with Crippen molar-refractivity contribution in [1.82, 2.24) is 0 Å². The van der Waals surface area contributed by atoms with E-state index in [0.717, 1.165) is 6.07 Å². The van der Waals surface area contributed by atoms with Gasteiger partial charge in [-0.2, -0.15) is 0 Å². The number of carboxylic acid groups (broad SMARTS) is 1. The van der Waals surface area contributed by atoms with Gasteiger partial charge in [-0.3, -0.25) is 10.1 Å². The topological polar surface area (TPSA) is 113 Å². The Labute approximate surface area is 116 Å². The summed E-state index contributed by atoms with van der Waals surface area (Å²) >= 11 is 0. The third kappa shape index (κ3) is 3.24. The standard InChI is InChI=1S/C13H18N2O5/c1-4-13(3,7-16)14-10-5-9(12(17)18)6-11(8(10)2)15(19)20/h5-6,14,16H,4,7H2,1-3H3,(H,17,18). The molecule has 1 rings (SSSR count). The maximum Gasteiger partial charge on any atom is 0.336 e. The number of carbonyl (C=O) groups is 1. The molecule has 3 N–H and O–H groups in total. The second-order valence-corrected chi connectivity index (χ2v) is 4.93. The Morgan fingerprint density at radius 3 is 2.50 bits per heavy atom. The summed E-state index contributed by atoms with van der Waals surface area (Å²) in [4.78, 5) is 21.4. The van der Waals surface area contributed by atoms with E-state index in [-0.39, 0.29) is 17.9 Å². The van der Waals surface area contributed by atoms with Crippen molar-refractivity contribution >= 4 is 17.3 Å². The number of hydrogen-bond donors (Lipinski definition) is 3. The van der Waals surface area contributed by atoms with E-state index in [4.69, 9.17) is 5.11 Å². The molecule has 7 heteroatoms. The number of carboxylic acids is 1. The lowest BCUT2D eigenvalue weighted by Crippen LogP contribution is -2.38. The van der Waals surface area contributed by atoms with Crippen LogP contribution in [-0.4, -0.2) is 33.3 Å². The molecule has 1 aromatic carbocycles. The fraction of sp³-hybridized carbons (Fsp3) is 0.462. The van der Waals surface area contributed by atoms with Crippen LogP contribution in [0.1, 0.15) is 36.2 Å². The summed E-state index contributed by atoms with van der Waals surface area (Å²) in [6.45, 7) is 4.98. The summed E-state index contributed by atoms with van der Waals surface area (Å²) in [5.41, 5.74) is -0.413. The third-order valence-corrected chi connectivity index (χ3v) is 3.39. The molecule has 0 aliphatic rings. The molecule has 0 aliphatic carbocycles. The number of aliphatic hydroxyl groups is 1. The first-order valence-corrected chi connectivity index (χ1v) is 6.15. The number of aliphatic hydroxyl groups excluding tert-OH is 1. The Kier molecular flexibility index (Phi) is 4.67. The summed E-state index contributed by atoms with van der Waals surface area (Å²) < 4.78 is 0. The van der Waals surface area contributed by atoms with Crippen LogP contribution in [0.2, 0.25) is 0 Å². The lowest BCUT2D eigenvalue weighted by molar-refractivity contribution is -0.385. The number of nitro groups is 1. The molecular weight excluding hydrogens is 264 g/mol. The number of aromatic carboxylic acids is 1. The quantitative estimate of drug-likeness (QED) is 0.544. The van der Waals surface area contributed by atoms with Crippen LogP contribution in [-0.2, 0) is 0 Å². The van der Waals surface area contributed by atoms with E-state index in [1.807, 2.05) is 6.92 Å². The fourth-order valence-corrected chi connectivity index (χ4v) is 1.71. The number of anilines is 1. The van der Waals surface area contributed by atoms with Crippen LogP contribution >= 0.6 is 0 Å².